The molecule has 86 valence electrons. The van der Waals surface area contributed by atoms with E-state index in [2.05, 4.69) is 4.74 Å². The van der Waals surface area contributed by atoms with Gasteiger partial charge in [0.05, 0.1) is 6.61 Å². The molecule has 2 nitrogen and oxygen atoms in total. The van der Waals surface area contributed by atoms with Gasteiger partial charge in [-0.3, -0.25) is 0 Å². The normalized spacial score (nSPS) is 9.75. The number of hydrogen-bond donors (Lipinski definition) is 0. The molecule has 0 amide bonds. The predicted molar refractivity (Wildman–Crippen MR) is 57.2 cm³/mol. The minimum Gasteiger partial charge on any atom is -0.462 e. The Balaban J connectivity index is 3.10. The van der Waals surface area contributed by atoms with Crippen molar-refractivity contribution in [2.24, 2.45) is 0 Å². The number of carbonyl (C=O) groups excluding carboxylic acids is 1. The van der Waals surface area contributed by atoms with Gasteiger partial charge in [0.15, 0.2) is 0 Å². The molecule has 1 aromatic rings. The third-order valence-electron chi connectivity index (χ3n) is 1.80. The molecule has 1 aromatic carbocycles. The Bertz CT molecular complexity index is 408. The molecule has 0 saturated carbocycles. The molecule has 0 N–H and O–H groups in total. The molecular formula is C11H9ClF2O2. The summed E-state index contributed by atoms with van der Waals surface area (Å²) in [7, 11) is 0. The van der Waals surface area contributed by atoms with Crippen LogP contribution < -0.4 is 0 Å². The van der Waals surface area contributed by atoms with Crippen LogP contribution >= 0.6 is 11.6 Å². The van der Waals surface area contributed by atoms with Crippen molar-refractivity contribution in [1.82, 2.24) is 0 Å². The lowest BCUT2D eigenvalue weighted by Gasteiger charge is -2.05. The molecular weight excluding hydrogens is 238 g/mol. The summed E-state index contributed by atoms with van der Waals surface area (Å²) in [5.74, 6) is -1.04. The SMILES string of the molecule is CCOC(=O)C(=C(F)F)c1ccc(Cl)cc1. The molecule has 5 heteroatoms. The monoisotopic (exact) mass is 246 g/mol. The van der Waals surface area contributed by atoms with Crippen LogP contribution in [0.25, 0.3) is 5.57 Å². The number of rotatable bonds is 3. The standard InChI is InChI=1S/C11H9ClF2O2/c1-2-16-11(15)9(10(13)14)7-3-5-8(12)6-4-7/h3-6H,2H2,1H3. The lowest BCUT2D eigenvalue weighted by molar-refractivity contribution is -0.136. The fourth-order valence-electron chi connectivity index (χ4n) is 1.12. The average molecular weight is 247 g/mol. The Hall–Kier alpha value is -1.42. The van der Waals surface area contributed by atoms with Gasteiger partial charge in [0.1, 0.15) is 5.57 Å². The minimum atomic E-state index is -2.07. The van der Waals surface area contributed by atoms with Gasteiger partial charge in [-0.2, -0.15) is 8.78 Å². The highest BCUT2D eigenvalue weighted by atomic mass is 35.5. The summed E-state index contributed by atoms with van der Waals surface area (Å²) in [6.45, 7) is 1.59. The van der Waals surface area contributed by atoms with Crippen LogP contribution in [0.2, 0.25) is 5.02 Å². The summed E-state index contributed by atoms with van der Waals surface area (Å²) in [6.07, 6.45) is -2.07. The quantitative estimate of drug-likeness (QED) is 0.603. The van der Waals surface area contributed by atoms with E-state index in [0.717, 1.165) is 0 Å². The summed E-state index contributed by atoms with van der Waals surface area (Å²) in [5, 5.41) is 0.409. The summed E-state index contributed by atoms with van der Waals surface area (Å²) in [5.41, 5.74) is -0.638. The Morgan fingerprint density at radius 3 is 2.31 bits per heavy atom. The van der Waals surface area contributed by atoms with Gasteiger partial charge in [-0.05, 0) is 24.6 Å². The second-order valence-electron chi connectivity index (χ2n) is 2.86. The van der Waals surface area contributed by atoms with Crippen molar-refractivity contribution in [2.45, 2.75) is 6.92 Å². The highest BCUT2D eigenvalue weighted by Crippen LogP contribution is 2.23. The Labute approximate surface area is 96.5 Å². The van der Waals surface area contributed by atoms with E-state index < -0.39 is 17.6 Å². The molecule has 0 saturated heterocycles. The van der Waals surface area contributed by atoms with Crippen molar-refractivity contribution >= 4 is 23.1 Å². The second-order valence-corrected chi connectivity index (χ2v) is 3.30. The van der Waals surface area contributed by atoms with Gasteiger partial charge in [0.2, 0.25) is 0 Å². The van der Waals surface area contributed by atoms with E-state index in [0.29, 0.717) is 5.02 Å². The molecule has 0 radical (unpaired) electrons. The van der Waals surface area contributed by atoms with Crippen molar-refractivity contribution in [2.75, 3.05) is 6.61 Å². The van der Waals surface area contributed by atoms with Crippen LogP contribution in [0.1, 0.15) is 12.5 Å². The zero-order chi connectivity index (χ0) is 12.1. The zero-order valence-corrected chi connectivity index (χ0v) is 9.22. The van der Waals surface area contributed by atoms with E-state index in [-0.39, 0.29) is 12.2 Å². The maximum Gasteiger partial charge on any atom is 0.344 e. The second kappa shape index (κ2) is 5.61. The van der Waals surface area contributed by atoms with Crippen LogP contribution in [-0.4, -0.2) is 12.6 Å². The van der Waals surface area contributed by atoms with Gasteiger partial charge in [0, 0.05) is 5.02 Å². The lowest BCUT2D eigenvalue weighted by atomic mass is 10.1. The van der Waals surface area contributed by atoms with Crippen LogP contribution in [0.15, 0.2) is 30.3 Å². The number of carbonyl (C=O) groups is 1. The fourth-order valence-corrected chi connectivity index (χ4v) is 1.25. The van der Waals surface area contributed by atoms with E-state index in [1.807, 2.05) is 0 Å². The third kappa shape index (κ3) is 3.03. The Morgan fingerprint density at radius 1 is 1.31 bits per heavy atom. The molecule has 0 aromatic heterocycles. The summed E-state index contributed by atoms with van der Waals surface area (Å²) in [4.78, 5) is 11.3. The molecule has 0 atom stereocenters. The van der Waals surface area contributed by atoms with Crippen LogP contribution in [0.4, 0.5) is 8.78 Å². The first-order chi connectivity index (χ1) is 7.56. The third-order valence-corrected chi connectivity index (χ3v) is 2.05. The largest absolute Gasteiger partial charge is 0.462 e. The van der Waals surface area contributed by atoms with E-state index in [9.17, 15) is 13.6 Å². The van der Waals surface area contributed by atoms with Crippen LogP contribution in [-0.2, 0) is 9.53 Å². The number of hydrogen-bond acceptors (Lipinski definition) is 2. The van der Waals surface area contributed by atoms with Gasteiger partial charge in [-0.15, -0.1) is 0 Å². The maximum absolute atomic E-state index is 12.6. The van der Waals surface area contributed by atoms with E-state index in [4.69, 9.17) is 11.6 Å². The van der Waals surface area contributed by atoms with Gasteiger partial charge in [0.25, 0.3) is 6.08 Å². The fraction of sp³-hybridized carbons (Fsp3) is 0.182. The number of benzene rings is 1. The molecule has 0 unspecified atom stereocenters. The first-order valence-electron chi connectivity index (χ1n) is 4.54. The lowest BCUT2D eigenvalue weighted by Crippen LogP contribution is -2.07. The average Bonchev–Trinajstić information content (AvgIpc) is 2.21. The van der Waals surface area contributed by atoms with E-state index in [1.165, 1.54) is 24.3 Å². The molecule has 0 bridgehead atoms. The van der Waals surface area contributed by atoms with Crippen molar-refractivity contribution in [3.63, 3.8) is 0 Å². The first kappa shape index (κ1) is 12.6. The van der Waals surface area contributed by atoms with Crippen molar-refractivity contribution in [3.8, 4) is 0 Å². The molecule has 0 aliphatic heterocycles. The number of esters is 1. The molecule has 0 aliphatic carbocycles. The van der Waals surface area contributed by atoms with Gasteiger partial charge < -0.3 is 4.74 Å². The molecule has 0 heterocycles. The van der Waals surface area contributed by atoms with Crippen molar-refractivity contribution < 1.29 is 18.3 Å². The van der Waals surface area contributed by atoms with E-state index in [1.54, 1.807) is 6.92 Å². The molecule has 16 heavy (non-hydrogen) atoms. The summed E-state index contributed by atoms with van der Waals surface area (Å²) < 4.78 is 29.8. The van der Waals surface area contributed by atoms with Crippen molar-refractivity contribution in [3.05, 3.63) is 40.9 Å². The van der Waals surface area contributed by atoms with Gasteiger partial charge >= 0.3 is 5.97 Å². The number of halogens is 3. The Morgan fingerprint density at radius 2 is 1.88 bits per heavy atom. The predicted octanol–water partition coefficient (Wildman–Crippen LogP) is 3.51. The van der Waals surface area contributed by atoms with Gasteiger partial charge in [-0.25, -0.2) is 4.79 Å². The van der Waals surface area contributed by atoms with Crippen molar-refractivity contribution in [1.29, 1.82) is 0 Å². The Kier molecular flexibility index (Phi) is 4.43. The topological polar surface area (TPSA) is 26.3 Å². The number of ether oxygens (including phenoxy) is 1. The molecule has 0 spiro atoms. The summed E-state index contributed by atoms with van der Waals surface area (Å²) in [6, 6.07) is 5.54. The first-order valence-corrected chi connectivity index (χ1v) is 4.92. The molecule has 0 aliphatic rings. The highest BCUT2D eigenvalue weighted by Gasteiger charge is 2.19. The summed E-state index contributed by atoms with van der Waals surface area (Å²) >= 11 is 5.62. The minimum absolute atomic E-state index is 0.0448. The van der Waals surface area contributed by atoms with Gasteiger partial charge in [-0.1, -0.05) is 23.7 Å². The van der Waals surface area contributed by atoms with Crippen LogP contribution in [0, 0.1) is 0 Å². The highest BCUT2D eigenvalue weighted by molar-refractivity contribution is 6.30. The van der Waals surface area contributed by atoms with Crippen LogP contribution in [0.3, 0.4) is 0 Å². The molecule has 1 rings (SSSR count). The van der Waals surface area contributed by atoms with Crippen LogP contribution in [0.5, 0.6) is 0 Å². The molecule has 0 fully saturated rings. The van der Waals surface area contributed by atoms with E-state index >= 15 is 0 Å². The maximum atomic E-state index is 12.6. The zero-order valence-electron chi connectivity index (χ0n) is 8.47. The smallest absolute Gasteiger partial charge is 0.344 e.